The minimum absolute atomic E-state index is 0. The highest BCUT2D eigenvalue weighted by Crippen LogP contribution is 2.18. The van der Waals surface area contributed by atoms with Gasteiger partial charge in [0.15, 0.2) is 0 Å². The lowest BCUT2D eigenvalue weighted by atomic mass is 9.96. The zero-order valence-corrected chi connectivity index (χ0v) is 13.8. The molecule has 1 aliphatic rings. The van der Waals surface area contributed by atoms with Gasteiger partial charge in [-0.15, -0.1) is 23.7 Å². The molecule has 0 unspecified atom stereocenters. The molecule has 1 aliphatic heterocycles. The Kier molecular flexibility index (Phi) is 8.19. The van der Waals surface area contributed by atoms with Crippen LogP contribution in [0.5, 0.6) is 0 Å². The molecule has 0 atom stereocenters. The number of amides is 1. The maximum Gasteiger partial charge on any atom is 0.222 e. The molecule has 0 aromatic carbocycles. The van der Waals surface area contributed by atoms with E-state index in [2.05, 4.69) is 34.7 Å². The van der Waals surface area contributed by atoms with Crippen molar-refractivity contribution in [2.45, 2.75) is 32.6 Å². The van der Waals surface area contributed by atoms with Crippen LogP contribution in [0.3, 0.4) is 0 Å². The van der Waals surface area contributed by atoms with Gasteiger partial charge in [0.05, 0.1) is 0 Å². The largest absolute Gasteiger partial charge is 0.343 e. The van der Waals surface area contributed by atoms with E-state index in [1.165, 1.54) is 4.88 Å². The third-order valence-corrected chi connectivity index (χ3v) is 4.75. The molecule has 1 amide bonds. The quantitative estimate of drug-likeness (QED) is 0.875. The molecule has 3 nitrogen and oxygen atoms in total. The molecule has 2 rings (SSSR count). The second-order valence-electron chi connectivity index (χ2n) is 5.21. The third kappa shape index (κ3) is 5.43. The highest BCUT2D eigenvalue weighted by Gasteiger charge is 2.22. The lowest BCUT2D eigenvalue weighted by molar-refractivity contribution is -0.132. The lowest BCUT2D eigenvalue weighted by Crippen LogP contribution is -2.40. The topological polar surface area (TPSA) is 32.3 Å². The molecule has 2 heterocycles. The molecule has 0 radical (unpaired) electrons. The summed E-state index contributed by atoms with van der Waals surface area (Å²) in [5, 5.41) is 5.48. The van der Waals surface area contributed by atoms with Crippen molar-refractivity contribution < 1.29 is 4.79 Å². The molecule has 0 spiro atoms. The molecule has 0 saturated carbocycles. The summed E-state index contributed by atoms with van der Waals surface area (Å²) in [7, 11) is 0. The second-order valence-corrected chi connectivity index (χ2v) is 6.24. The first-order chi connectivity index (χ1) is 9.29. The van der Waals surface area contributed by atoms with Gasteiger partial charge in [0.1, 0.15) is 0 Å². The summed E-state index contributed by atoms with van der Waals surface area (Å²) in [6, 6.07) is 4.16. The lowest BCUT2D eigenvalue weighted by Gasteiger charge is -2.32. The van der Waals surface area contributed by atoms with Crippen molar-refractivity contribution in [2.75, 3.05) is 26.2 Å². The van der Waals surface area contributed by atoms with Crippen LogP contribution in [-0.2, 0) is 11.2 Å². The number of nitrogens with zero attached hydrogens (tertiary/aromatic N) is 1. The molecule has 1 aromatic rings. The van der Waals surface area contributed by atoms with Crippen molar-refractivity contribution in [3.63, 3.8) is 0 Å². The Hall–Kier alpha value is -0.580. The predicted octanol–water partition coefficient (Wildman–Crippen LogP) is 2.95. The van der Waals surface area contributed by atoms with Crippen LogP contribution in [0.2, 0.25) is 0 Å². The van der Waals surface area contributed by atoms with Gasteiger partial charge < -0.3 is 10.2 Å². The van der Waals surface area contributed by atoms with Gasteiger partial charge in [0.25, 0.3) is 0 Å². The molecule has 5 heteroatoms. The summed E-state index contributed by atoms with van der Waals surface area (Å²) in [6.45, 7) is 6.18. The van der Waals surface area contributed by atoms with Gasteiger partial charge in [-0.1, -0.05) is 13.0 Å². The molecule has 1 fully saturated rings. The number of likely N-dealkylation sites (tertiary alicyclic amines) is 1. The van der Waals surface area contributed by atoms with E-state index in [-0.39, 0.29) is 12.4 Å². The summed E-state index contributed by atoms with van der Waals surface area (Å²) in [6.07, 6.45) is 3.86. The molecular formula is C15H25ClN2OS. The van der Waals surface area contributed by atoms with E-state index in [9.17, 15) is 4.79 Å². The van der Waals surface area contributed by atoms with Gasteiger partial charge in [0.2, 0.25) is 5.91 Å². The molecule has 1 saturated heterocycles. The van der Waals surface area contributed by atoms with Crippen LogP contribution in [0, 0.1) is 5.92 Å². The van der Waals surface area contributed by atoms with Crippen LogP contribution >= 0.6 is 23.7 Å². The number of rotatable bonds is 6. The first-order valence-corrected chi connectivity index (χ1v) is 8.18. The average Bonchev–Trinajstić information content (AvgIpc) is 2.96. The van der Waals surface area contributed by atoms with Crippen LogP contribution in [-0.4, -0.2) is 37.0 Å². The summed E-state index contributed by atoms with van der Waals surface area (Å²) in [5.74, 6) is 1.08. The maximum absolute atomic E-state index is 12.1. The van der Waals surface area contributed by atoms with Crippen LogP contribution < -0.4 is 5.32 Å². The maximum atomic E-state index is 12.1. The molecule has 1 N–H and O–H groups in total. The van der Waals surface area contributed by atoms with Crippen molar-refractivity contribution >= 4 is 29.7 Å². The van der Waals surface area contributed by atoms with Crippen LogP contribution in [0.1, 0.15) is 31.1 Å². The van der Waals surface area contributed by atoms with Gasteiger partial charge in [0, 0.05) is 24.4 Å². The van der Waals surface area contributed by atoms with Gasteiger partial charge in [-0.2, -0.15) is 0 Å². The van der Waals surface area contributed by atoms with Crippen molar-refractivity contribution in [3.05, 3.63) is 22.4 Å². The van der Waals surface area contributed by atoms with E-state index in [1.54, 1.807) is 11.3 Å². The second kappa shape index (κ2) is 9.37. The SMILES string of the molecule is CCNCC1CCN(C(=O)CCc2cccs2)CC1.Cl. The third-order valence-electron chi connectivity index (χ3n) is 3.82. The number of halogens is 1. The monoisotopic (exact) mass is 316 g/mol. The van der Waals surface area contributed by atoms with E-state index in [4.69, 9.17) is 0 Å². The zero-order valence-electron chi connectivity index (χ0n) is 12.1. The van der Waals surface area contributed by atoms with E-state index in [1.807, 2.05) is 0 Å². The Bertz CT molecular complexity index is 375. The predicted molar refractivity (Wildman–Crippen MR) is 87.7 cm³/mol. The molecule has 20 heavy (non-hydrogen) atoms. The van der Waals surface area contributed by atoms with Crippen LogP contribution in [0.4, 0.5) is 0 Å². The zero-order chi connectivity index (χ0) is 13.5. The minimum Gasteiger partial charge on any atom is -0.343 e. The Morgan fingerprint density at radius 3 is 2.80 bits per heavy atom. The summed E-state index contributed by atoms with van der Waals surface area (Å²) < 4.78 is 0. The van der Waals surface area contributed by atoms with E-state index in [0.29, 0.717) is 12.3 Å². The highest BCUT2D eigenvalue weighted by molar-refractivity contribution is 7.09. The number of nitrogens with one attached hydrogen (secondary N) is 1. The minimum atomic E-state index is 0. The number of thiophene rings is 1. The van der Waals surface area contributed by atoms with E-state index in [0.717, 1.165) is 51.4 Å². The van der Waals surface area contributed by atoms with E-state index < -0.39 is 0 Å². The van der Waals surface area contributed by atoms with Gasteiger partial charge in [-0.25, -0.2) is 0 Å². The van der Waals surface area contributed by atoms with E-state index >= 15 is 0 Å². The first kappa shape index (κ1) is 17.5. The van der Waals surface area contributed by atoms with Crippen LogP contribution in [0.15, 0.2) is 17.5 Å². The van der Waals surface area contributed by atoms with Crippen LogP contribution in [0.25, 0.3) is 0 Å². The number of carbonyl (C=O) groups is 1. The fraction of sp³-hybridized carbons (Fsp3) is 0.667. The molecule has 114 valence electrons. The van der Waals surface area contributed by atoms with Crippen molar-refractivity contribution in [3.8, 4) is 0 Å². The number of carbonyl (C=O) groups excluding carboxylic acids is 1. The van der Waals surface area contributed by atoms with Gasteiger partial charge >= 0.3 is 0 Å². The molecular weight excluding hydrogens is 292 g/mol. The molecule has 0 aliphatic carbocycles. The first-order valence-electron chi connectivity index (χ1n) is 7.30. The molecule has 0 bridgehead atoms. The number of aryl methyl sites for hydroxylation is 1. The number of hydrogen-bond donors (Lipinski definition) is 1. The molecule has 1 aromatic heterocycles. The smallest absolute Gasteiger partial charge is 0.222 e. The Morgan fingerprint density at radius 1 is 1.45 bits per heavy atom. The highest BCUT2D eigenvalue weighted by atomic mass is 35.5. The normalized spacial score (nSPS) is 15.9. The van der Waals surface area contributed by atoms with Crippen molar-refractivity contribution in [1.82, 2.24) is 10.2 Å². The summed E-state index contributed by atoms with van der Waals surface area (Å²) in [5.41, 5.74) is 0. The Balaban J connectivity index is 0.00000200. The fourth-order valence-corrected chi connectivity index (χ4v) is 3.29. The van der Waals surface area contributed by atoms with Crippen molar-refractivity contribution in [1.29, 1.82) is 0 Å². The number of piperidine rings is 1. The van der Waals surface area contributed by atoms with Gasteiger partial charge in [-0.05, 0) is 49.7 Å². The fourth-order valence-electron chi connectivity index (χ4n) is 2.58. The summed E-state index contributed by atoms with van der Waals surface area (Å²) in [4.78, 5) is 15.5. The summed E-state index contributed by atoms with van der Waals surface area (Å²) >= 11 is 1.74. The average molecular weight is 317 g/mol. The van der Waals surface area contributed by atoms with Crippen molar-refractivity contribution in [2.24, 2.45) is 5.92 Å². The van der Waals surface area contributed by atoms with Gasteiger partial charge in [-0.3, -0.25) is 4.79 Å². The number of hydrogen-bond acceptors (Lipinski definition) is 3. The Labute approximate surface area is 132 Å². The standard InChI is InChI=1S/C15H24N2OS.ClH/c1-2-16-12-13-7-9-17(10-8-13)15(18)6-5-14-4-3-11-19-14;/h3-4,11,13,16H,2,5-10,12H2,1H3;1H. The Morgan fingerprint density at radius 2 is 2.20 bits per heavy atom.